The molecule has 2 aliphatic heterocycles. The molecule has 0 saturated carbocycles. The van der Waals surface area contributed by atoms with Crippen molar-refractivity contribution in [2.45, 2.75) is 35.9 Å². The Labute approximate surface area is 270 Å². The van der Waals surface area contributed by atoms with Crippen molar-refractivity contribution >= 4 is 0 Å². The highest BCUT2D eigenvalue weighted by Gasteiger charge is 2.45. The molecular formula is C42H38O4. The van der Waals surface area contributed by atoms with Crippen molar-refractivity contribution in [3.05, 3.63) is 155 Å². The van der Waals surface area contributed by atoms with Crippen LogP contribution in [0.25, 0.3) is 22.3 Å². The Bertz CT molecular complexity index is 1660. The second-order valence-corrected chi connectivity index (χ2v) is 13.5. The fourth-order valence-corrected chi connectivity index (χ4v) is 8.15. The van der Waals surface area contributed by atoms with Crippen LogP contribution in [0.4, 0.5) is 0 Å². The fourth-order valence-electron chi connectivity index (χ4n) is 8.15. The summed E-state index contributed by atoms with van der Waals surface area (Å²) < 4.78 is 23.8. The molecule has 2 heterocycles. The average molecular weight is 607 g/mol. The lowest BCUT2D eigenvalue weighted by Gasteiger charge is -2.33. The Morgan fingerprint density at radius 1 is 0.457 bits per heavy atom. The van der Waals surface area contributed by atoms with E-state index in [1.165, 1.54) is 55.6 Å². The Hall–Kier alpha value is -4.06. The summed E-state index contributed by atoms with van der Waals surface area (Å²) in [6, 6.07) is 44.8. The third-order valence-electron chi connectivity index (χ3n) is 10.5. The van der Waals surface area contributed by atoms with Gasteiger partial charge in [-0.3, -0.25) is 0 Å². The van der Waals surface area contributed by atoms with E-state index in [1.807, 2.05) is 0 Å². The minimum Gasteiger partial charge on any atom is -0.377 e. The van der Waals surface area contributed by atoms with Crippen LogP contribution in [0.2, 0.25) is 0 Å². The maximum Gasteiger partial charge on any atom is 0.104 e. The molecule has 2 aliphatic carbocycles. The largest absolute Gasteiger partial charge is 0.377 e. The minimum absolute atomic E-state index is 0.238. The molecule has 0 spiro atoms. The Kier molecular flexibility index (Phi) is 6.94. The van der Waals surface area contributed by atoms with E-state index in [9.17, 15) is 0 Å². The van der Waals surface area contributed by atoms with Crippen molar-refractivity contribution in [1.29, 1.82) is 0 Å². The van der Waals surface area contributed by atoms with E-state index in [2.05, 4.69) is 121 Å². The summed E-state index contributed by atoms with van der Waals surface area (Å²) in [6.07, 6.45) is 2.21. The van der Waals surface area contributed by atoms with Crippen LogP contribution >= 0.6 is 0 Å². The van der Waals surface area contributed by atoms with Crippen LogP contribution in [0.5, 0.6) is 0 Å². The van der Waals surface area contributed by atoms with Gasteiger partial charge in [-0.2, -0.15) is 0 Å². The zero-order chi connectivity index (χ0) is 30.6. The predicted molar refractivity (Wildman–Crippen MR) is 180 cm³/mol. The summed E-state index contributed by atoms with van der Waals surface area (Å²) in [5.41, 5.74) is 12.8. The molecule has 4 heteroatoms. The van der Waals surface area contributed by atoms with Gasteiger partial charge in [-0.15, -0.1) is 0 Å². The molecule has 0 bridgehead atoms. The monoisotopic (exact) mass is 606 g/mol. The summed E-state index contributed by atoms with van der Waals surface area (Å²) in [5, 5.41) is 0. The molecule has 2 fully saturated rings. The summed E-state index contributed by atoms with van der Waals surface area (Å²) >= 11 is 0. The normalized spacial score (nSPS) is 20.4. The van der Waals surface area contributed by atoms with Gasteiger partial charge in [0.15, 0.2) is 0 Å². The van der Waals surface area contributed by atoms with Gasteiger partial charge in [0.2, 0.25) is 0 Å². The van der Waals surface area contributed by atoms with Crippen LogP contribution in [0.1, 0.15) is 33.4 Å². The highest BCUT2D eigenvalue weighted by atomic mass is 16.6. The summed E-state index contributed by atoms with van der Waals surface area (Å²) in [4.78, 5) is 0. The first-order valence-corrected chi connectivity index (χ1v) is 16.6. The number of rotatable bonds is 12. The van der Waals surface area contributed by atoms with Gasteiger partial charge in [-0.05, 0) is 68.5 Å². The number of epoxide rings is 2. The summed E-state index contributed by atoms with van der Waals surface area (Å²) in [6.45, 7) is 4.15. The van der Waals surface area contributed by atoms with Gasteiger partial charge in [-0.25, -0.2) is 0 Å². The highest BCUT2D eigenvalue weighted by Crippen LogP contribution is 2.52. The molecule has 2 saturated heterocycles. The molecular weight excluding hydrogens is 568 g/mol. The maximum atomic E-state index is 6.43. The molecule has 5 aromatic rings. The van der Waals surface area contributed by atoms with Crippen LogP contribution in [0.15, 0.2) is 121 Å². The van der Waals surface area contributed by atoms with E-state index in [0.717, 1.165) is 26.1 Å². The summed E-state index contributed by atoms with van der Waals surface area (Å²) in [5.74, 6) is 0. The van der Waals surface area contributed by atoms with E-state index >= 15 is 0 Å². The SMILES string of the molecule is c1ccc2c(c1)-c1ccccc1C2(COCC1CO1)Cc1ccc(CC2(COCC3CO3)c3ccccc3-c3ccccc32)cc1. The number of hydrogen-bond donors (Lipinski definition) is 0. The maximum absolute atomic E-state index is 6.43. The van der Waals surface area contributed by atoms with Crippen molar-refractivity contribution in [1.82, 2.24) is 0 Å². The number of hydrogen-bond acceptors (Lipinski definition) is 4. The molecule has 230 valence electrons. The predicted octanol–water partition coefficient (Wildman–Crippen LogP) is 7.54. The fraction of sp³-hybridized carbons (Fsp3) is 0.286. The lowest BCUT2D eigenvalue weighted by Crippen LogP contribution is -2.35. The number of benzene rings is 5. The van der Waals surface area contributed by atoms with Crippen LogP contribution in [-0.4, -0.2) is 51.8 Å². The molecule has 0 N–H and O–H groups in total. The molecule has 4 aliphatic rings. The van der Waals surface area contributed by atoms with Gasteiger partial charge in [0.1, 0.15) is 12.2 Å². The minimum atomic E-state index is -0.257. The molecule has 0 radical (unpaired) electrons. The zero-order valence-corrected chi connectivity index (χ0v) is 26.0. The smallest absolute Gasteiger partial charge is 0.104 e. The van der Waals surface area contributed by atoms with E-state index in [0.29, 0.717) is 26.4 Å². The number of ether oxygens (including phenoxy) is 4. The van der Waals surface area contributed by atoms with E-state index in [4.69, 9.17) is 18.9 Å². The first kappa shape index (κ1) is 28.2. The van der Waals surface area contributed by atoms with Crippen LogP contribution in [0, 0.1) is 0 Å². The summed E-state index contributed by atoms with van der Waals surface area (Å²) in [7, 11) is 0. The van der Waals surface area contributed by atoms with Gasteiger partial charge >= 0.3 is 0 Å². The lowest BCUT2D eigenvalue weighted by molar-refractivity contribution is 0.0836. The third kappa shape index (κ3) is 4.83. The van der Waals surface area contributed by atoms with E-state index in [-0.39, 0.29) is 23.0 Å². The van der Waals surface area contributed by atoms with Crippen LogP contribution in [-0.2, 0) is 42.6 Å². The van der Waals surface area contributed by atoms with Gasteiger partial charge < -0.3 is 18.9 Å². The topological polar surface area (TPSA) is 43.5 Å². The third-order valence-corrected chi connectivity index (χ3v) is 10.5. The molecule has 5 aromatic carbocycles. The molecule has 0 aromatic heterocycles. The second kappa shape index (κ2) is 11.3. The van der Waals surface area contributed by atoms with Crippen molar-refractivity contribution < 1.29 is 18.9 Å². The second-order valence-electron chi connectivity index (χ2n) is 13.5. The molecule has 4 nitrogen and oxygen atoms in total. The van der Waals surface area contributed by atoms with Gasteiger partial charge in [0, 0.05) is 10.8 Å². The van der Waals surface area contributed by atoms with E-state index in [1.54, 1.807) is 0 Å². The van der Waals surface area contributed by atoms with Crippen LogP contribution in [0.3, 0.4) is 0 Å². The Balaban J connectivity index is 1.05. The van der Waals surface area contributed by atoms with Crippen LogP contribution < -0.4 is 0 Å². The first-order valence-electron chi connectivity index (χ1n) is 16.6. The Morgan fingerprint density at radius 3 is 1.07 bits per heavy atom. The average Bonchev–Trinajstić information content (AvgIpc) is 4.05. The quantitative estimate of drug-likeness (QED) is 0.138. The van der Waals surface area contributed by atoms with E-state index < -0.39 is 0 Å². The molecule has 2 atom stereocenters. The van der Waals surface area contributed by atoms with Crippen molar-refractivity contribution in [3.63, 3.8) is 0 Å². The van der Waals surface area contributed by atoms with Gasteiger partial charge in [0.05, 0.1) is 39.6 Å². The first-order chi connectivity index (χ1) is 22.7. The van der Waals surface area contributed by atoms with Gasteiger partial charge in [-0.1, -0.05) is 121 Å². The lowest BCUT2D eigenvalue weighted by atomic mass is 9.73. The standard InChI is InChI=1S/C42H38O4/c1-5-13-37-33(9-1)34-10-2-6-14-38(34)41(37,27-43-23-31-25-45-31)21-29-17-19-30(20-18-29)22-42(28-44-24-32-26-46-32)39-15-7-3-11-35(39)36-12-4-8-16-40(36)42/h1-20,31-32H,21-28H2. The van der Waals surface area contributed by atoms with Crippen molar-refractivity contribution in [2.75, 3.05) is 39.6 Å². The van der Waals surface area contributed by atoms with Crippen molar-refractivity contribution in [3.8, 4) is 22.3 Å². The number of fused-ring (bicyclic) bond motifs is 6. The van der Waals surface area contributed by atoms with Gasteiger partial charge in [0.25, 0.3) is 0 Å². The Morgan fingerprint density at radius 2 is 0.761 bits per heavy atom. The van der Waals surface area contributed by atoms with Crippen molar-refractivity contribution in [2.24, 2.45) is 0 Å². The molecule has 0 amide bonds. The zero-order valence-electron chi connectivity index (χ0n) is 26.0. The molecule has 9 rings (SSSR count). The molecule has 46 heavy (non-hydrogen) atoms. The highest BCUT2D eigenvalue weighted by molar-refractivity contribution is 5.82. The molecule has 2 unspecified atom stereocenters.